The summed E-state index contributed by atoms with van der Waals surface area (Å²) in [6.07, 6.45) is 3.11. The molecule has 7 nitrogen and oxygen atoms in total. The Morgan fingerprint density at radius 3 is 2.42 bits per heavy atom. The lowest BCUT2D eigenvalue weighted by Crippen LogP contribution is -2.47. The first kappa shape index (κ1) is 13.6. The lowest BCUT2D eigenvalue weighted by Gasteiger charge is -2.21. The molecule has 1 saturated heterocycles. The van der Waals surface area contributed by atoms with Gasteiger partial charge in [0.1, 0.15) is 6.04 Å². The van der Waals surface area contributed by atoms with Crippen molar-refractivity contribution in [3.05, 3.63) is 0 Å². The molecule has 1 atom stereocenters. The summed E-state index contributed by atoms with van der Waals surface area (Å²) >= 11 is 0. The molecule has 0 aromatic rings. The van der Waals surface area contributed by atoms with Crippen molar-refractivity contribution in [1.29, 1.82) is 0 Å². The van der Waals surface area contributed by atoms with Crippen LogP contribution in [0.25, 0.3) is 0 Å². The number of nitrogens with one attached hydrogen (secondary N) is 2. The molecule has 0 radical (unpaired) electrons. The smallest absolute Gasteiger partial charge is 0.326 e. The average Bonchev–Trinajstić information content (AvgIpc) is 3.10. The van der Waals surface area contributed by atoms with E-state index in [1.165, 1.54) is 4.90 Å². The van der Waals surface area contributed by atoms with Crippen LogP contribution in [0.4, 0.5) is 4.79 Å². The van der Waals surface area contributed by atoms with Crippen LogP contribution in [0.15, 0.2) is 0 Å². The van der Waals surface area contributed by atoms with Crippen LogP contribution in [0.1, 0.15) is 25.7 Å². The van der Waals surface area contributed by atoms with Gasteiger partial charge in [0.15, 0.2) is 0 Å². The molecular weight excluding hydrogens is 250 g/mol. The molecule has 2 rings (SSSR count). The zero-order chi connectivity index (χ0) is 13.8. The van der Waals surface area contributed by atoms with Crippen molar-refractivity contribution in [3.8, 4) is 0 Å². The van der Waals surface area contributed by atoms with Crippen molar-refractivity contribution < 1.29 is 19.5 Å². The Morgan fingerprint density at radius 2 is 1.79 bits per heavy atom. The van der Waals surface area contributed by atoms with Gasteiger partial charge in [-0.05, 0) is 25.7 Å². The molecule has 1 aliphatic carbocycles. The van der Waals surface area contributed by atoms with Gasteiger partial charge in [0.2, 0.25) is 5.91 Å². The van der Waals surface area contributed by atoms with Gasteiger partial charge in [-0.3, -0.25) is 4.79 Å². The maximum absolute atomic E-state index is 11.8. The topological polar surface area (TPSA) is 98.7 Å². The third-order valence-corrected chi connectivity index (χ3v) is 3.45. The molecule has 3 amide bonds. The molecule has 0 unspecified atom stereocenters. The van der Waals surface area contributed by atoms with Gasteiger partial charge in [0.05, 0.1) is 0 Å². The predicted octanol–water partition coefficient (Wildman–Crippen LogP) is -0.229. The second-order valence-electron chi connectivity index (χ2n) is 4.99. The van der Waals surface area contributed by atoms with Crippen LogP contribution in [0.5, 0.6) is 0 Å². The Kier molecular flexibility index (Phi) is 4.24. The van der Waals surface area contributed by atoms with Gasteiger partial charge in [-0.2, -0.15) is 0 Å². The number of carboxylic acids is 1. The highest BCUT2D eigenvalue weighted by molar-refractivity contribution is 5.83. The Labute approximate surface area is 111 Å². The Morgan fingerprint density at radius 1 is 1.11 bits per heavy atom. The number of likely N-dealkylation sites (tertiary alicyclic amines) is 1. The number of carbonyl (C=O) groups excluding carboxylic acids is 2. The lowest BCUT2D eigenvalue weighted by atomic mass is 10.2. The molecular formula is C12H19N3O4. The van der Waals surface area contributed by atoms with E-state index in [2.05, 4.69) is 10.6 Å². The number of carbonyl (C=O) groups is 3. The number of nitrogens with zero attached hydrogens (tertiary/aromatic N) is 1. The van der Waals surface area contributed by atoms with Crippen molar-refractivity contribution in [3.63, 3.8) is 0 Å². The standard InChI is InChI=1S/C12H19N3O4/c16-10(8-3-4-8)13-5-6-14-12(19)15-7-1-2-9(15)11(17)18/h8-9H,1-7H2,(H,13,16)(H,14,19)(H,17,18)/t9-/m0/s1. The molecule has 7 heteroatoms. The minimum absolute atomic E-state index is 0.0406. The van der Waals surface area contributed by atoms with Gasteiger partial charge in [-0.1, -0.05) is 0 Å². The number of amides is 3. The maximum atomic E-state index is 11.8. The van der Waals surface area contributed by atoms with E-state index in [0.717, 1.165) is 12.8 Å². The summed E-state index contributed by atoms with van der Waals surface area (Å²) in [5.74, 6) is -0.765. The molecule has 0 bridgehead atoms. The minimum Gasteiger partial charge on any atom is -0.480 e. The minimum atomic E-state index is -0.963. The van der Waals surface area contributed by atoms with E-state index >= 15 is 0 Å². The van der Waals surface area contributed by atoms with Gasteiger partial charge >= 0.3 is 12.0 Å². The van der Waals surface area contributed by atoms with Crippen LogP contribution in [0.3, 0.4) is 0 Å². The van der Waals surface area contributed by atoms with Crippen LogP contribution >= 0.6 is 0 Å². The van der Waals surface area contributed by atoms with E-state index in [1.54, 1.807) is 0 Å². The normalized spacial score (nSPS) is 22.1. The van der Waals surface area contributed by atoms with Gasteiger partial charge in [-0.25, -0.2) is 9.59 Å². The molecule has 1 saturated carbocycles. The third-order valence-electron chi connectivity index (χ3n) is 3.45. The first-order valence-corrected chi connectivity index (χ1v) is 6.64. The molecule has 0 aromatic heterocycles. The van der Waals surface area contributed by atoms with Crippen molar-refractivity contribution in [2.24, 2.45) is 5.92 Å². The van der Waals surface area contributed by atoms with Gasteiger partial charge in [0, 0.05) is 25.6 Å². The van der Waals surface area contributed by atoms with E-state index in [9.17, 15) is 14.4 Å². The second-order valence-corrected chi connectivity index (χ2v) is 4.99. The third kappa shape index (κ3) is 3.59. The number of hydrogen-bond acceptors (Lipinski definition) is 3. The highest BCUT2D eigenvalue weighted by atomic mass is 16.4. The van der Waals surface area contributed by atoms with Crippen molar-refractivity contribution in [1.82, 2.24) is 15.5 Å². The summed E-state index contributed by atoms with van der Waals surface area (Å²) in [4.78, 5) is 35.4. The van der Waals surface area contributed by atoms with E-state index in [4.69, 9.17) is 5.11 Å². The van der Waals surface area contributed by atoms with E-state index in [0.29, 0.717) is 32.5 Å². The first-order valence-electron chi connectivity index (χ1n) is 6.64. The quantitative estimate of drug-likeness (QED) is 0.600. The van der Waals surface area contributed by atoms with E-state index in [-0.39, 0.29) is 17.9 Å². The number of carboxylic acid groups (broad SMARTS) is 1. The second kappa shape index (κ2) is 5.90. The highest BCUT2D eigenvalue weighted by Gasteiger charge is 2.33. The summed E-state index contributed by atoms with van der Waals surface area (Å²) in [6.45, 7) is 1.17. The zero-order valence-electron chi connectivity index (χ0n) is 10.7. The zero-order valence-corrected chi connectivity index (χ0v) is 10.7. The Balaban J connectivity index is 1.66. The van der Waals surface area contributed by atoms with Crippen molar-refractivity contribution in [2.75, 3.05) is 19.6 Å². The molecule has 0 spiro atoms. The van der Waals surface area contributed by atoms with Gasteiger partial charge < -0.3 is 20.6 Å². The highest BCUT2D eigenvalue weighted by Crippen LogP contribution is 2.28. The molecule has 19 heavy (non-hydrogen) atoms. The van der Waals surface area contributed by atoms with E-state index in [1.807, 2.05) is 0 Å². The summed E-state index contributed by atoms with van der Waals surface area (Å²) in [6, 6.07) is -1.09. The molecule has 1 aliphatic heterocycles. The largest absolute Gasteiger partial charge is 0.480 e. The summed E-state index contributed by atoms with van der Waals surface area (Å²) < 4.78 is 0. The van der Waals surface area contributed by atoms with Gasteiger partial charge in [0.25, 0.3) is 0 Å². The monoisotopic (exact) mass is 269 g/mol. The Hall–Kier alpha value is -1.79. The first-order chi connectivity index (χ1) is 9.09. The number of aliphatic carboxylic acids is 1. The number of rotatable bonds is 5. The fourth-order valence-corrected chi connectivity index (χ4v) is 2.21. The lowest BCUT2D eigenvalue weighted by molar-refractivity contribution is -0.141. The van der Waals surface area contributed by atoms with Crippen LogP contribution in [0, 0.1) is 5.92 Å². The SMILES string of the molecule is O=C(NCCNC(=O)N1CCC[C@H]1C(=O)O)C1CC1. The van der Waals surface area contributed by atoms with Crippen molar-refractivity contribution >= 4 is 17.9 Å². The van der Waals surface area contributed by atoms with Crippen molar-refractivity contribution in [2.45, 2.75) is 31.7 Å². The molecule has 3 N–H and O–H groups in total. The number of urea groups is 1. The predicted molar refractivity (Wildman–Crippen MR) is 66.5 cm³/mol. The summed E-state index contributed by atoms with van der Waals surface area (Å²) in [7, 11) is 0. The summed E-state index contributed by atoms with van der Waals surface area (Å²) in [5.41, 5.74) is 0. The summed E-state index contributed by atoms with van der Waals surface area (Å²) in [5, 5.41) is 14.3. The van der Waals surface area contributed by atoms with Crippen LogP contribution in [-0.2, 0) is 9.59 Å². The van der Waals surface area contributed by atoms with E-state index < -0.39 is 12.0 Å². The number of hydrogen-bond donors (Lipinski definition) is 3. The van der Waals surface area contributed by atoms with Crippen LogP contribution in [0.2, 0.25) is 0 Å². The average molecular weight is 269 g/mol. The fourth-order valence-electron chi connectivity index (χ4n) is 2.21. The molecule has 106 valence electrons. The maximum Gasteiger partial charge on any atom is 0.326 e. The molecule has 0 aromatic carbocycles. The fraction of sp³-hybridized carbons (Fsp3) is 0.750. The van der Waals surface area contributed by atoms with Crippen LogP contribution < -0.4 is 10.6 Å². The molecule has 1 heterocycles. The molecule has 2 aliphatic rings. The van der Waals surface area contributed by atoms with Gasteiger partial charge in [-0.15, -0.1) is 0 Å². The Bertz CT molecular complexity index is 381. The van der Waals surface area contributed by atoms with Crippen LogP contribution in [-0.4, -0.2) is 53.6 Å². The molecule has 2 fully saturated rings.